The molecule has 0 saturated carbocycles. The zero-order chi connectivity index (χ0) is 22.3. The summed E-state index contributed by atoms with van der Waals surface area (Å²) in [6, 6.07) is -4.70. The summed E-state index contributed by atoms with van der Waals surface area (Å²) in [6.45, 7) is 1.09. The Kier molecular flexibility index (Phi) is 10.4. The van der Waals surface area contributed by atoms with Gasteiger partial charge in [0.05, 0.1) is 13.2 Å². The normalized spacial score (nSPS) is 15.6. The van der Waals surface area contributed by atoms with Crippen LogP contribution in [0.4, 0.5) is 0 Å². The van der Waals surface area contributed by atoms with E-state index >= 15 is 0 Å². The van der Waals surface area contributed by atoms with E-state index < -0.39 is 70.7 Å². The maximum Gasteiger partial charge on any atom is 0.469 e. The van der Waals surface area contributed by atoms with Gasteiger partial charge in [-0.2, -0.15) is 0 Å². The average Bonchev–Trinajstić information content (AvgIpc) is 2.51. The van der Waals surface area contributed by atoms with E-state index in [0.717, 1.165) is 0 Å². The molecule has 0 aromatic rings. The van der Waals surface area contributed by atoms with Crippen molar-refractivity contribution in [3.8, 4) is 0 Å². The van der Waals surface area contributed by atoms with Gasteiger partial charge in [0.25, 0.3) is 0 Å². The number of carboxylic acid groups (broad SMARTS) is 1. The van der Waals surface area contributed by atoms with Crippen molar-refractivity contribution in [2.24, 2.45) is 11.7 Å². The van der Waals surface area contributed by atoms with Crippen molar-refractivity contribution in [3.63, 3.8) is 0 Å². The van der Waals surface area contributed by atoms with E-state index in [-0.39, 0.29) is 0 Å². The highest BCUT2D eigenvalue weighted by molar-refractivity contribution is 7.46. The summed E-state index contributed by atoms with van der Waals surface area (Å²) in [6.07, 6.45) is 0. The topological polar surface area (TPSA) is 255 Å². The lowest BCUT2D eigenvalue weighted by atomic mass is 10.0. The van der Waals surface area contributed by atoms with Gasteiger partial charge in [0, 0.05) is 0 Å². The molecule has 0 saturated heterocycles. The number of phosphoric acid groups is 2. The van der Waals surface area contributed by atoms with Crippen LogP contribution in [0.15, 0.2) is 0 Å². The minimum absolute atomic E-state index is 0.587. The fourth-order valence-electron chi connectivity index (χ4n) is 1.66. The van der Waals surface area contributed by atoms with Crippen molar-refractivity contribution in [2.75, 3.05) is 13.2 Å². The van der Waals surface area contributed by atoms with Crippen LogP contribution in [0.1, 0.15) is 13.8 Å². The number of phosphoric ester groups is 2. The Balaban J connectivity index is 5.02. The smallest absolute Gasteiger partial charge is 0.469 e. The van der Waals surface area contributed by atoms with E-state index in [1.165, 1.54) is 13.8 Å². The van der Waals surface area contributed by atoms with Crippen LogP contribution in [0, 0.1) is 5.92 Å². The monoisotopic (exact) mass is 451 g/mol. The van der Waals surface area contributed by atoms with E-state index in [1.807, 2.05) is 5.32 Å². The first kappa shape index (κ1) is 26.6. The summed E-state index contributed by atoms with van der Waals surface area (Å²) >= 11 is 0. The summed E-state index contributed by atoms with van der Waals surface area (Å²) in [5, 5.41) is 13.1. The van der Waals surface area contributed by atoms with Crippen LogP contribution < -0.4 is 16.4 Å². The average molecular weight is 451 g/mol. The number of hydrogen-bond acceptors (Lipinski definition) is 8. The molecule has 9 N–H and O–H groups in total. The van der Waals surface area contributed by atoms with Crippen LogP contribution in [-0.2, 0) is 32.6 Å². The number of carbonyl (C=O) groups is 3. The third kappa shape index (κ3) is 11.4. The molecule has 0 aromatic carbocycles. The number of hydrogen-bond donors (Lipinski definition) is 8. The molecule has 2 amide bonds. The number of aliphatic carboxylic acids is 1. The lowest BCUT2D eigenvalue weighted by molar-refractivity contribution is -0.143. The highest BCUT2D eigenvalue weighted by atomic mass is 31.2. The lowest BCUT2D eigenvalue weighted by Gasteiger charge is -2.25. The number of nitrogens with two attached hydrogens (primary N) is 1. The fourth-order valence-corrected chi connectivity index (χ4v) is 2.35. The Bertz CT molecular complexity index is 659. The second-order valence-corrected chi connectivity index (χ2v) is 8.29. The Morgan fingerprint density at radius 1 is 0.929 bits per heavy atom. The molecule has 0 spiro atoms. The molecule has 0 heterocycles. The van der Waals surface area contributed by atoms with Gasteiger partial charge in [0.1, 0.15) is 12.1 Å². The predicted octanol–water partition coefficient (Wildman–Crippen LogP) is -2.76. The maximum absolute atomic E-state index is 12.3. The van der Waals surface area contributed by atoms with Crippen LogP contribution in [0.2, 0.25) is 0 Å². The molecule has 3 atom stereocenters. The molecule has 17 heteroatoms. The summed E-state index contributed by atoms with van der Waals surface area (Å²) in [4.78, 5) is 69.7. The quantitative estimate of drug-likeness (QED) is 0.140. The van der Waals surface area contributed by atoms with Gasteiger partial charge in [0.2, 0.25) is 11.8 Å². The molecule has 0 bridgehead atoms. The molecule has 0 unspecified atom stereocenters. The summed E-state index contributed by atoms with van der Waals surface area (Å²) in [7, 11) is -9.85. The van der Waals surface area contributed by atoms with E-state index in [9.17, 15) is 23.5 Å². The van der Waals surface area contributed by atoms with Gasteiger partial charge in [0.15, 0.2) is 6.04 Å². The van der Waals surface area contributed by atoms with Crippen molar-refractivity contribution in [1.82, 2.24) is 10.6 Å². The molecule has 0 aromatic heterocycles. The highest BCUT2D eigenvalue weighted by Gasteiger charge is 2.31. The Morgan fingerprint density at radius 2 is 1.39 bits per heavy atom. The van der Waals surface area contributed by atoms with Crippen LogP contribution >= 0.6 is 15.6 Å². The molecule has 15 nitrogen and oxygen atoms in total. The highest BCUT2D eigenvalue weighted by Crippen LogP contribution is 2.36. The molecule has 0 rings (SSSR count). The van der Waals surface area contributed by atoms with Gasteiger partial charge in [-0.3, -0.25) is 18.6 Å². The number of carbonyl (C=O) groups excluding carboxylic acids is 2. The van der Waals surface area contributed by atoms with Gasteiger partial charge >= 0.3 is 21.6 Å². The van der Waals surface area contributed by atoms with Gasteiger partial charge < -0.3 is 41.0 Å². The lowest BCUT2D eigenvalue weighted by Crippen LogP contribution is -2.57. The zero-order valence-corrected chi connectivity index (χ0v) is 16.6. The number of carboxylic acids is 1. The van der Waals surface area contributed by atoms with Crippen LogP contribution in [0.25, 0.3) is 0 Å². The summed E-state index contributed by atoms with van der Waals surface area (Å²) in [5.41, 5.74) is 5.41. The van der Waals surface area contributed by atoms with E-state index in [2.05, 4.69) is 14.4 Å². The number of rotatable bonds is 12. The summed E-state index contributed by atoms with van der Waals surface area (Å²) < 4.78 is 29.4. The number of nitrogens with one attached hydrogen (secondary N) is 2. The molecular formula is C11H23N3O12P2. The maximum atomic E-state index is 12.3. The molecule has 0 aliphatic heterocycles. The van der Waals surface area contributed by atoms with Gasteiger partial charge in [-0.1, -0.05) is 13.8 Å². The standard InChI is InChI=1S/C11H23N3O12P2/c1-5(2)8(14-9(15)6(12)3-25-27(19,20)21)10(16)13-7(11(17)18)4-26-28(22,23)24/h5-8H,3-4,12H2,1-2H3,(H,13,16)(H,14,15)(H,17,18)(H2,19,20,21)(H2,22,23,24)/t6-,7-,8-/m0/s1. The van der Waals surface area contributed by atoms with Crippen LogP contribution in [-0.4, -0.2) is 73.8 Å². The van der Waals surface area contributed by atoms with Crippen molar-refractivity contribution >= 4 is 33.4 Å². The van der Waals surface area contributed by atoms with Crippen molar-refractivity contribution in [3.05, 3.63) is 0 Å². The fraction of sp³-hybridized carbons (Fsp3) is 0.727. The second-order valence-electron chi connectivity index (χ2n) is 5.81. The summed E-state index contributed by atoms with van der Waals surface area (Å²) in [5.74, 6) is -4.27. The van der Waals surface area contributed by atoms with Crippen molar-refractivity contribution < 1.29 is 57.2 Å². The molecular weight excluding hydrogens is 428 g/mol. The molecule has 0 fully saturated rings. The van der Waals surface area contributed by atoms with Gasteiger partial charge in [-0.05, 0) is 5.92 Å². The predicted molar refractivity (Wildman–Crippen MR) is 90.3 cm³/mol. The molecule has 0 radical (unpaired) electrons. The minimum atomic E-state index is -4.98. The third-order valence-electron chi connectivity index (χ3n) is 3.03. The van der Waals surface area contributed by atoms with Crippen LogP contribution in [0.5, 0.6) is 0 Å². The van der Waals surface area contributed by atoms with Crippen molar-refractivity contribution in [2.45, 2.75) is 32.0 Å². The van der Waals surface area contributed by atoms with Crippen LogP contribution in [0.3, 0.4) is 0 Å². The molecule has 0 aliphatic rings. The van der Waals surface area contributed by atoms with Gasteiger partial charge in [-0.15, -0.1) is 0 Å². The second kappa shape index (κ2) is 11.0. The molecule has 0 aliphatic carbocycles. The van der Waals surface area contributed by atoms with E-state index in [4.69, 9.17) is 30.4 Å². The van der Waals surface area contributed by atoms with Crippen molar-refractivity contribution in [1.29, 1.82) is 0 Å². The number of amides is 2. The first-order valence-corrected chi connectivity index (χ1v) is 10.6. The first-order valence-electron chi connectivity index (χ1n) is 7.52. The first-order chi connectivity index (χ1) is 12.5. The van der Waals surface area contributed by atoms with E-state index in [0.29, 0.717) is 0 Å². The Hall–Kier alpha value is -1.41. The third-order valence-corrected chi connectivity index (χ3v) is 4.00. The largest absolute Gasteiger partial charge is 0.480 e. The Morgan fingerprint density at radius 3 is 1.79 bits per heavy atom. The minimum Gasteiger partial charge on any atom is -0.480 e. The SMILES string of the molecule is CC(C)[C@H](NC(=O)[C@@H](N)COP(=O)(O)O)C(=O)N[C@@H](COP(=O)(O)O)C(=O)O. The zero-order valence-electron chi connectivity index (χ0n) is 14.8. The Labute approximate surface area is 159 Å². The van der Waals surface area contributed by atoms with Gasteiger partial charge in [-0.25, -0.2) is 13.9 Å². The van der Waals surface area contributed by atoms with E-state index in [1.54, 1.807) is 0 Å². The molecule has 28 heavy (non-hydrogen) atoms. The molecule has 164 valence electrons.